The molecule has 0 bridgehead atoms. The van der Waals surface area contributed by atoms with Crippen LogP contribution in [0.1, 0.15) is 11.7 Å². The monoisotopic (exact) mass is 253 g/mol. The van der Waals surface area contributed by atoms with E-state index in [4.69, 9.17) is 5.11 Å². The van der Waals surface area contributed by atoms with E-state index in [1.54, 1.807) is 18.2 Å². The van der Waals surface area contributed by atoms with Crippen molar-refractivity contribution in [1.29, 1.82) is 0 Å². The number of nitrogens with zero attached hydrogens (tertiary/aromatic N) is 1. The van der Waals surface area contributed by atoms with Crippen LogP contribution in [0.2, 0.25) is 0 Å². The SMILES string of the molecule is O=C(O)C(F)(F)C(O)c1cccc2cccnc12. The van der Waals surface area contributed by atoms with Gasteiger partial charge in [0.2, 0.25) is 0 Å². The minimum Gasteiger partial charge on any atom is -0.477 e. The standard InChI is InChI=1S/C12H9F2NO3/c13-12(14,11(17)18)10(16)8-5-1-3-7-4-2-6-15-9(7)8/h1-6,10,16H,(H,17,18). The third-order valence-corrected chi connectivity index (χ3v) is 2.59. The molecule has 6 heteroatoms. The first kappa shape index (κ1) is 12.4. The summed E-state index contributed by atoms with van der Waals surface area (Å²) < 4.78 is 26.6. The number of hydrogen-bond donors (Lipinski definition) is 2. The molecule has 4 nitrogen and oxygen atoms in total. The van der Waals surface area contributed by atoms with Crippen molar-refractivity contribution in [3.8, 4) is 0 Å². The normalized spacial score (nSPS) is 13.5. The molecule has 0 fully saturated rings. The summed E-state index contributed by atoms with van der Waals surface area (Å²) in [5.74, 6) is -6.63. The van der Waals surface area contributed by atoms with Crippen LogP contribution in [0, 0.1) is 0 Å². The van der Waals surface area contributed by atoms with Gasteiger partial charge >= 0.3 is 11.9 Å². The van der Waals surface area contributed by atoms with Crippen molar-refractivity contribution in [1.82, 2.24) is 4.98 Å². The van der Waals surface area contributed by atoms with Crippen LogP contribution >= 0.6 is 0 Å². The number of para-hydroxylation sites is 1. The number of aliphatic carboxylic acids is 1. The first-order valence-corrected chi connectivity index (χ1v) is 5.07. The second-order valence-electron chi connectivity index (χ2n) is 3.75. The van der Waals surface area contributed by atoms with E-state index in [9.17, 15) is 18.7 Å². The van der Waals surface area contributed by atoms with Gasteiger partial charge in [-0.25, -0.2) is 4.79 Å². The maximum Gasteiger partial charge on any atom is 0.377 e. The predicted molar refractivity (Wildman–Crippen MR) is 59.3 cm³/mol. The van der Waals surface area contributed by atoms with Crippen LogP contribution in [-0.4, -0.2) is 27.1 Å². The number of carboxylic acid groups (broad SMARTS) is 1. The molecule has 18 heavy (non-hydrogen) atoms. The Morgan fingerprint density at radius 1 is 1.28 bits per heavy atom. The summed E-state index contributed by atoms with van der Waals surface area (Å²) in [6.07, 6.45) is -1.05. The summed E-state index contributed by atoms with van der Waals surface area (Å²) in [7, 11) is 0. The molecule has 0 saturated heterocycles. The first-order chi connectivity index (χ1) is 8.44. The van der Waals surface area contributed by atoms with Gasteiger partial charge in [-0.2, -0.15) is 8.78 Å². The molecule has 0 aliphatic heterocycles. The second-order valence-corrected chi connectivity index (χ2v) is 3.75. The van der Waals surface area contributed by atoms with E-state index in [1.807, 2.05) is 0 Å². The molecule has 0 aliphatic carbocycles. The number of alkyl halides is 2. The number of aliphatic hydroxyl groups excluding tert-OH is 1. The number of hydrogen-bond acceptors (Lipinski definition) is 3. The molecule has 2 aromatic rings. The Morgan fingerprint density at radius 2 is 1.94 bits per heavy atom. The van der Waals surface area contributed by atoms with E-state index in [2.05, 4.69) is 4.98 Å². The Morgan fingerprint density at radius 3 is 2.61 bits per heavy atom. The number of aromatic nitrogens is 1. The topological polar surface area (TPSA) is 70.4 Å². The summed E-state index contributed by atoms with van der Waals surface area (Å²) in [5, 5.41) is 18.5. The van der Waals surface area contributed by atoms with E-state index in [1.165, 1.54) is 18.3 Å². The van der Waals surface area contributed by atoms with Crippen LogP contribution in [-0.2, 0) is 4.79 Å². The van der Waals surface area contributed by atoms with Crippen molar-refractivity contribution in [3.63, 3.8) is 0 Å². The molecule has 0 saturated carbocycles. The van der Waals surface area contributed by atoms with Crippen LogP contribution in [0.15, 0.2) is 36.5 Å². The molecule has 1 heterocycles. The summed E-state index contributed by atoms with van der Waals surface area (Å²) in [5.41, 5.74) is -0.0473. The highest BCUT2D eigenvalue weighted by molar-refractivity contribution is 5.84. The van der Waals surface area contributed by atoms with E-state index in [-0.39, 0.29) is 11.1 Å². The van der Waals surface area contributed by atoms with Crippen LogP contribution in [0.5, 0.6) is 0 Å². The van der Waals surface area contributed by atoms with Gasteiger partial charge in [-0.05, 0) is 6.07 Å². The lowest BCUT2D eigenvalue weighted by molar-refractivity contribution is -0.182. The number of pyridine rings is 1. The van der Waals surface area contributed by atoms with Gasteiger partial charge in [0.15, 0.2) is 6.10 Å². The maximum atomic E-state index is 13.3. The third kappa shape index (κ3) is 1.91. The van der Waals surface area contributed by atoms with E-state index in [0.29, 0.717) is 5.39 Å². The van der Waals surface area contributed by atoms with Gasteiger partial charge in [-0.3, -0.25) is 4.98 Å². The Kier molecular flexibility index (Phi) is 2.96. The minimum absolute atomic E-state index is 0.161. The molecule has 1 aromatic heterocycles. The van der Waals surface area contributed by atoms with Gasteiger partial charge in [0, 0.05) is 17.1 Å². The highest BCUT2D eigenvalue weighted by Gasteiger charge is 2.48. The Balaban J connectivity index is 2.58. The number of rotatable bonds is 3. The van der Waals surface area contributed by atoms with Crippen molar-refractivity contribution in [2.24, 2.45) is 0 Å². The van der Waals surface area contributed by atoms with E-state index < -0.39 is 18.0 Å². The number of carbonyl (C=O) groups is 1. The molecule has 2 N–H and O–H groups in total. The quantitative estimate of drug-likeness (QED) is 0.877. The van der Waals surface area contributed by atoms with Gasteiger partial charge in [-0.15, -0.1) is 0 Å². The van der Waals surface area contributed by atoms with Gasteiger partial charge in [0.1, 0.15) is 0 Å². The highest BCUT2D eigenvalue weighted by atomic mass is 19.3. The van der Waals surface area contributed by atoms with Crippen molar-refractivity contribution in [2.75, 3.05) is 0 Å². The average Bonchev–Trinajstić information content (AvgIpc) is 2.37. The largest absolute Gasteiger partial charge is 0.477 e. The van der Waals surface area contributed by atoms with Gasteiger partial charge in [0.25, 0.3) is 0 Å². The van der Waals surface area contributed by atoms with Crippen molar-refractivity contribution < 1.29 is 23.8 Å². The number of benzene rings is 1. The molecular weight excluding hydrogens is 244 g/mol. The van der Waals surface area contributed by atoms with Crippen molar-refractivity contribution >= 4 is 16.9 Å². The van der Waals surface area contributed by atoms with Gasteiger partial charge in [-0.1, -0.05) is 24.3 Å². The van der Waals surface area contributed by atoms with Crippen molar-refractivity contribution in [2.45, 2.75) is 12.0 Å². The molecule has 0 radical (unpaired) electrons. The smallest absolute Gasteiger partial charge is 0.377 e. The third-order valence-electron chi connectivity index (χ3n) is 2.59. The first-order valence-electron chi connectivity index (χ1n) is 5.07. The summed E-state index contributed by atoms with van der Waals surface area (Å²) >= 11 is 0. The Labute approximate surface area is 101 Å². The number of halogens is 2. The molecule has 0 spiro atoms. The van der Waals surface area contributed by atoms with Crippen LogP contribution in [0.4, 0.5) is 8.78 Å². The lowest BCUT2D eigenvalue weighted by Gasteiger charge is -2.19. The van der Waals surface area contributed by atoms with Crippen LogP contribution in [0.3, 0.4) is 0 Å². The van der Waals surface area contributed by atoms with Gasteiger partial charge in [0.05, 0.1) is 5.52 Å². The fraction of sp³-hybridized carbons (Fsp3) is 0.167. The number of carboxylic acids is 1. The zero-order chi connectivity index (χ0) is 13.3. The van der Waals surface area contributed by atoms with E-state index >= 15 is 0 Å². The maximum absolute atomic E-state index is 13.3. The predicted octanol–water partition coefficient (Wildman–Crippen LogP) is 1.99. The molecule has 1 atom stereocenters. The summed E-state index contributed by atoms with van der Waals surface area (Å²) in [6.45, 7) is 0. The fourth-order valence-corrected chi connectivity index (χ4v) is 1.66. The zero-order valence-corrected chi connectivity index (χ0v) is 9.05. The molecule has 1 aromatic carbocycles. The lowest BCUT2D eigenvalue weighted by atomic mass is 10.0. The van der Waals surface area contributed by atoms with Crippen LogP contribution in [0.25, 0.3) is 10.9 Å². The molecule has 0 aliphatic rings. The van der Waals surface area contributed by atoms with Crippen molar-refractivity contribution in [3.05, 3.63) is 42.1 Å². The molecule has 2 rings (SSSR count). The lowest BCUT2D eigenvalue weighted by Crippen LogP contribution is -2.35. The van der Waals surface area contributed by atoms with E-state index in [0.717, 1.165) is 0 Å². The molecule has 1 unspecified atom stereocenters. The summed E-state index contributed by atoms with van der Waals surface area (Å²) in [4.78, 5) is 14.3. The highest BCUT2D eigenvalue weighted by Crippen LogP contribution is 2.34. The molecule has 94 valence electrons. The fourth-order valence-electron chi connectivity index (χ4n) is 1.66. The molecular formula is C12H9F2NO3. The Hall–Kier alpha value is -2.08. The van der Waals surface area contributed by atoms with Crippen LogP contribution < -0.4 is 0 Å². The zero-order valence-electron chi connectivity index (χ0n) is 9.05. The Bertz CT molecular complexity index is 595. The number of aliphatic hydroxyl groups is 1. The average molecular weight is 253 g/mol. The minimum atomic E-state index is -4.26. The molecule has 0 amide bonds. The summed E-state index contributed by atoms with van der Waals surface area (Å²) in [6, 6.07) is 7.58. The second kappa shape index (κ2) is 4.30. The van der Waals surface area contributed by atoms with Gasteiger partial charge < -0.3 is 10.2 Å². The number of fused-ring (bicyclic) bond motifs is 1.